The normalized spacial score (nSPS) is 12.4. The van der Waals surface area contributed by atoms with Crippen molar-refractivity contribution in [1.29, 1.82) is 0 Å². The van der Waals surface area contributed by atoms with Crippen molar-refractivity contribution in [1.82, 2.24) is 5.43 Å². The molecular weight excluding hydrogens is 304 g/mol. The Kier molecular flexibility index (Phi) is 5.22. The number of rotatable bonds is 5. The van der Waals surface area contributed by atoms with Gasteiger partial charge >= 0.3 is 0 Å². The van der Waals surface area contributed by atoms with E-state index in [0.29, 0.717) is 0 Å². The highest BCUT2D eigenvalue weighted by molar-refractivity contribution is 7.99. The molecule has 2 aromatic rings. The van der Waals surface area contributed by atoms with E-state index in [1.165, 1.54) is 23.9 Å². The molecule has 112 valence electrons. The largest absolute Gasteiger partial charge is 0.271 e. The van der Waals surface area contributed by atoms with Gasteiger partial charge in [-0.3, -0.25) is 11.3 Å². The van der Waals surface area contributed by atoms with Crippen LogP contribution in [0, 0.1) is 23.3 Å². The summed E-state index contributed by atoms with van der Waals surface area (Å²) in [5, 5.41) is 0. The average molecular weight is 316 g/mol. The molecule has 0 fully saturated rings. The van der Waals surface area contributed by atoms with E-state index < -0.39 is 23.5 Å². The summed E-state index contributed by atoms with van der Waals surface area (Å²) in [6.07, 6.45) is 0. The standard InChI is InChI=1S/C14H12F4N2S/c15-8-1-3-9(4-2-8)21-7-12(20-19)10-5-6-11(16)14(18)13(10)17/h1-6,12,20H,7,19H2. The molecule has 0 aliphatic heterocycles. The molecular formula is C14H12F4N2S. The zero-order valence-electron chi connectivity index (χ0n) is 10.7. The molecule has 21 heavy (non-hydrogen) atoms. The van der Waals surface area contributed by atoms with Gasteiger partial charge in [-0.2, -0.15) is 0 Å². The molecule has 0 aliphatic rings. The fourth-order valence-corrected chi connectivity index (χ4v) is 2.71. The second-order valence-electron chi connectivity index (χ2n) is 4.25. The van der Waals surface area contributed by atoms with E-state index in [9.17, 15) is 17.6 Å². The lowest BCUT2D eigenvalue weighted by molar-refractivity contribution is 0.431. The van der Waals surface area contributed by atoms with E-state index in [4.69, 9.17) is 5.84 Å². The molecule has 3 N–H and O–H groups in total. The zero-order chi connectivity index (χ0) is 15.4. The van der Waals surface area contributed by atoms with Crippen LogP contribution >= 0.6 is 11.8 Å². The summed E-state index contributed by atoms with van der Waals surface area (Å²) < 4.78 is 52.6. The quantitative estimate of drug-likeness (QED) is 0.291. The Bertz CT molecular complexity index is 619. The van der Waals surface area contributed by atoms with Crippen molar-refractivity contribution in [2.75, 3.05) is 5.75 Å². The number of hydrogen-bond acceptors (Lipinski definition) is 3. The van der Waals surface area contributed by atoms with Crippen LogP contribution < -0.4 is 11.3 Å². The van der Waals surface area contributed by atoms with Crippen LogP contribution in [0.25, 0.3) is 0 Å². The molecule has 0 heterocycles. The SMILES string of the molecule is NNC(CSc1ccc(F)cc1)c1ccc(F)c(F)c1F. The highest BCUT2D eigenvalue weighted by Crippen LogP contribution is 2.27. The lowest BCUT2D eigenvalue weighted by Crippen LogP contribution is -2.30. The van der Waals surface area contributed by atoms with Crippen LogP contribution in [0.3, 0.4) is 0 Å². The number of hydrazine groups is 1. The van der Waals surface area contributed by atoms with Crippen LogP contribution in [0.15, 0.2) is 41.3 Å². The number of nitrogens with one attached hydrogen (secondary N) is 1. The first-order valence-corrected chi connectivity index (χ1v) is 6.99. The van der Waals surface area contributed by atoms with Gasteiger partial charge in [-0.1, -0.05) is 6.07 Å². The Morgan fingerprint density at radius 3 is 2.24 bits per heavy atom. The van der Waals surface area contributed by atoms with E-state index in [0.717, 1.165) is 17.0 Å². The predicted molar refractivity (Wildman–Crippen MR) is 73.5 cm³/mol. The summed E-state index contributed by atoms with van der Waals surface area (Å²) >= 11 is 1.28. The molecule has 0 amide bonds. The first kappa shape index (κ1) is 15.8. The summed E-state index contributed by atoms with van der Waals surface area (Å²) in [7, 11) is 0. The summed E-state index contributed by atoms with van der Waals surface area (Å²) in [5.41, 5.74) is 2.30. The monoisotopic (exact) mass is 316 g/mol. The van der Waals surface area contributed by atoms with E-state index in [1.54, 1.807) is 12.1 Å². The third-order valence-corrected chi connectivity index (χ3v) is 3.98. The summed E-state index contributed by atoms with van der Waals surface area (Å²) in [6.45, 7) is 0. The van der Waals surface area contributed by atoms with Crippen molar-refractivity contribution in [3.8, 4) is 0 Å². The van der Waals surface area contributed by atoms with Crippen LogP contribution in [-0.4, -0.2) is 5.75 Å². The Labute approximate surface area is 123 Å². The van der Waals surface area contributed by atoms with Crippen molar-refractivity contribution < 1.29 is 17.6 Å². The van der Waals surface area contributed by atoms with Gasteiger partial charge in [0.25, 0.3) is 0 Å². The van der Waals surface area contributed by atoms with Gasteiger partial charge in [0.1, 0.15) is 5.82 Å². The number of thioether (sulfide) groups is 1. The van der Waals surface area contributed by atoms with Gasteiger partial charge in [0.05, 0.1) is 6.04 Å². The average Bonchev–Trinajstić information content (AvgIpc) is 2.49. The second kappa shape index (κ2) is 6.93. The molecule has 1 unspecified atom stereocenters. The molecule has 2 nitrogen and oxygen atoms in total. The van der Waals surface area contributed by atoms with E-state index in [2.05, 4.69) is 5.43 Å². The van der Waals surface area contributed by atoms with Crippen LogP contribution in [0.1, 0.15) is 11.6 Å². The van der Waals surface area contributed by atoms with Gasteiger partial charge in [-0.25, -0.2) is 17.6 Å². The van der Waals surface area contributed by atoms with Crippen molar-refractivity contribution in [2.24, 2.45) is 5.84 Å². The van der Waals surface area contributed by atoms with Crippen LogP contribution in [-0.2, 0) is 0 Å². The topological polar surface area (TPSA) is 38.0 Å². The van der Waals surface area contributed by atoms with Crippen molar-refractivity contribution in [3.05, 3.63) is 65.2 Å². The summed E-state index contributed by atoms with van der Waals surface area (Å²) in [4.78, 5) is 0.750. The molecule has 0 aromatic heterocycles. The fourth-order valence-electron chi connectivity index (χ4n) is 1.75. The summed E-state index contributed by atoms with van der Waals surface area (Å²) in [6, 6.07) is 7.00. The molecule has 1 atom stereocenters. The highest BCUT2D eigenvalue weighted by atomic mass is 32.2. The Balaban J connectivity index is 2.13. The minimum absolute atomic E-state index is 0.0639. The number of halogens is 4. The van der Waals surface area contributed by atoms with Crippen LogP contribution in [0.2, 0.25) is 0 Å². The fraction of sp³-hybridized carbons (Fsp3) is 0.143. The van der Waals surface area contributed by atoms with Gasteiger partial charge in [0.2, 0.25) is 0 Å². The van der Waals surface area contributed by atoms with Crippen LogP contribution in [0.5, 0.6) is 0 Å². The van der Waals surface area contributed by atoms with Gasteiger partial charge < -0.3 is 0 Å². The lowest BCUT2D eigenvalue weighted by Gasteiger charge is -2.17. The maximum Gasteiger partial charge on any atom is 0.194 e. The van der Waals surface area contributed by atoms with Crippen LogP contribution in [0.4, 0.5) is 17.6 Å². The molecule has 0 saturated carbocycles. The highest BCUT2D eigenvalue weighted by Gasteiger charge is 2.20. The van der Waals surface area contributed by atoms with Gasteiger partial charge in [0.15, 0.2) is 17.5 Å². The molecule has 2 aromatic carbocycles. The number of nitrogens with two attached hydrogens (primary N) is 1. The molecule has 0 bridgehead atoms. The number of benzene rings is 2. The van der Waals surface area contributed by atoms with E-state index >= 15 is 0 Å². The van der Waals surface area contributed by atoms with Crippen molar-refractivity contribution >= 4 is 11.8 Å². The van der Waals surface area contributed by atoms with Gasteiger partial charge in [0, 0.05) is 16.2 Å². The molecule has 0 aliphatic carbocycles. The second-order valence-corrected chi connectivity index (χ2v) is 5.34. The predicted octanol–water partition coefficient (Wildman–Crippen LogP) is 3.54. The maximum atomic E-state index is 13.7. The Hall–Kier alpha value is -1.57. The Morgan fingerprint density at radius 2 is 1.62 bits per heavy atom. The number of hydrogen-bond donors (Lipinski definition) is 2. The third-order valence-electron chi connectivity index (χ3n) is 2.87. The van der Waals surface area contributed by atoms with E-state index in [-0.39, 0.29) is 17.1 Å². The lowest BCUT2D eigenvalue weighted by atomic mass is 10.1. The molecule has 0 radical (unpaired) electrons. The summed E-state index contributed by atoms with van der Waals surface area (Å²) in [5.74, 6) is 1.20. The maximum absolute atomic E-state index is 13.7. The first-order chi connectivity index (χ1) is 10.0. The Morgan fingerprint density at radius 1 is 0.952 bits per heavy atom. The van der Waals surface area contributed by atoms with Crippen molar-refractivity contribution in [2.45, 2.75) is 10.9 Å². The van der Waals surface area contributed by atoms with Gasteiger partial charge in [-0.05, 0) is 30.3 Å². The molecule has 0 saturated heterocycles. The van der Waals surface area contributed by atoms with E-state index in [1.807, 2.05) is 0 Å². The third kappa shape index (κ3) is 3.75. The minimum Gasteiger partial charge on any atom is -0.271 e. The molecule has 0 spiro atoms. The first-order valence-electron chi connectivity index (χ1n) is 6.01. The molecule has 7 heteroatoms. The van der Waals surface area contributed by atoms with Crippen molar-refractivity contribution in [3.63, 3.8) is 0 Å². The van der Waals surface area contributed by atoms with Gasteiger partial charge in [-0.15, -0.1) is 11.8 Å². The smallest absolute Gasteiger partial charge is 0.194 e. The minimum atomic E-state index is -1.53. The molecule has 2 rings (SSSR count). The zero-order valence-corrected chi connectivity index (χ0v) is 11.6.